The first-order chi connectivity index (χ1) is 12.2. The Balaban J connectivity index is 0. The van der Waals surface area contributed by atoms with Crippen LogP contribution in [0, 0.1) is 12.3 Å². The lowest BCUT2D eigenvalue weighted by Crippen LogP contribution is -2.13. The summed E-state index contributed by atoms with van der Waals surface area (Å²) in [5, 5.41) is 9.10. The largest absolute Gasteiger partial charge is 0.481 e. The molecule has 155 valence electrons. The predicted octanol–water partition coefficient (Wildman–Crippen LogP) is 7.89. The maximum atomic E-state index is 11.1. The molecular weight excluding hydrogens is 322 g/mol. The van der Waals surface area contributed by atoms with Crippen LogP contribution in [-0.2, 0) is 4.79 Å². The van der Waals surface area contributed by atoms with E-state index in [1.807, 2.05) is 13.3 Å². The summed E-state index contributed by atoms with van der Waals surface area (Å²) in [5.74, 6) is -0.798. The van der Waals surface area contributed by atoms with Crippen LogP contribution in [0.15, 0.2) is 12.2 Å². The van der Waals surface area contributed by atoms with E-state index in [1.54, 1.807) is 0 Å². The van der Waals surface area contributed by atoms with E-state index in [1.165, 1.54) is 83.5 Å². The minimum Gasteiger partial charge on any atom is -0.481 e. The highest BCUT2D eigenvalue weighted by molar-refractivity contribution is 5.70. The number of rotatable bonds is 19. The van der Waals surface area contributed by atoms with Gasteiger partial charge in [-0.3, -0.25) is 4.79 Å². The highest BCUT2D eigenvalue weighted by Gasteiger charge is 2.15. The molecular formula is C23H46NO2. The fourth-order valence-electron chi connectivity index (χ4n) is 3.26. The molecule has 0 aliphatic heterocycles. The molecule has 1 atom stereocenters. The van der Waals surface area contributed by atoms with Crippen molar-refractivity contribution in [2.75, 3.05) is 0 Å². The molecule has 0 aliphatic carbocycles. The zero-order valence-electron chi connectivity index (χ0n) is 17.7. The van der Waals surface area contributed by atoms with Crippen LogP contribution in [0.3, 0.4) is 0 Å². The van der Waals surface area contributed by atoms with Crippen LogP contribution in [0.2, 0.25) is 0 Å². The molecule has 0 amide bonds. The number of carboxylic acids is 1. The van der Waals surface area contributed by atoms with E-state index in [4.69, 9.17) is 5.11 Å². The second-order valence-corrected chi connectivity index (χ2v) is 7.41. The minimum absolute atomic E-state index is 0. The smallest absolute Gasteiger partial charge is 0.306 e. The van der Waals surface area contributed by atoms with Crippen molar-refractivity contribution in [2.45, 2.75) is 117 Å². The average Bonchev–Trinajstić information content (AvgIpc) is 2.60. The van der Waals surface area contributed by atoms with Gasteiger partial charge in [0.25, 0.3) is 0 Å². The van der Waals surface area contributed by atoms with Crippen molar-refractivity contribution in [1.82, 2.24) is 6.15 Å². The van der Waals surface area contributed by atoms with Crippen LogP contribution >= 0.6 is 0 Å². The van der Waals surface area contributed by atoms with Crippen LogP contribution in [0.5, 0.6) is 0 Å². The molecule has 0 saturated carbocycles. The number of unbranched alkanes of at least 4 members (excludes halogenated alkanes) is 12. The lowest BCUT2D eigenvalue weighted by atomic mass is 9.96. The second kappa shape index (κ2) is 22.2. The fourth-order valence-corrected chi connectivity index (χ4v) is 3.26. The number of hydrogen-bond donors (Lipinski definition) is 2. The SMILES string of the molecule is C[CH]CC(CCCCCCCC/C=C\CCCCCCCC)C(=O)O.N. The van der Waals surface area contributed by atoms with Gasteiger partial charge in [-0.2, -0.15) is 0 Å². The number of hydrogen-bond acceptors (Lipinski definition) is 2. The zero-order chi connectivity index (χ0) is 18.6. The third-order valence-corrected chi connectivity index (χ3v) is 4.93. The van der Waals surface area contributed by atoms with Gasteiger partial charge in [0.05, 0.1) is 5.92 Å². The highest BCUT2D eigenvalue weighted by Crippen LogP contribution is 2.17. The Labute approximate surface area is 163 Å². The van der Waals surface area contributed by atoms with Crippen molar-refractivity contribution in [1.29, 1.82) is 0 Å². The number of carboxylic acid groups (broad SMARTS) is 1. The van der Waals surface area contributed by atoms with Gasteiger partial charge in [0.15, 0.2) is 0 Å². The summed E-state index contributed by atoms with van der Waals surface area (Å²) in [4.78, 5) is 11.1. The molecule has 0 aromatic rings. The maximum absolute atomic E-state index is 11.1. The molecule has 1 unspecified atom stereocenters. The van der Waals surface area contributed by atoms with E-state index in [0.717, 1.165) is 12.8 Å². The normalized spacial score (nSPS) is 12.2. The lowest BCUT2D eigenvalue weighted by molar-refractivity contribution is -0.142. The third kappa shape index (κ3) is 19.5. The van der Waals surface area contributed by atoms with Crippen molar-refractivity contribution in [3.05, 3.63) is 18.6 Å². The van der Waals surface area contributed by atoms with E-state index in [0.29, 0.717) is 6.42 Å². The second-order valence-electron chi connectivity index (χ2n) is 7.41. The van der Waals surface area contributed by atoms with Crippen LogP contribution in [0.1, 0.15) is 117 Å². The standard InChI is InChI=1S/C23H43O2.H3N/c1-3-5-6-7-8-9-10-11-12-13-14-15-16-17-18-19-21-22(20-4-2)23(24)25;/h4,11-12,22H,3,5-10,13-21H2,1-2H3,(H,24,25);1H3/b12-11-;. The van der Waals surface area contributed by atoms with Crippen LogP contribution < -0.4 is 6.15 Å². The number of carbonyl (C=O) groups is 1. The molecule has 0 aliphatic rings. The molecule has 3 nitrogen and oxygen atoms in total. The quantitative estimate of drug-likeness (QED) is 0.180. The van der Waals surface area contributed by atoms with Crippen molar-refractivity contribution in [3.8, 4) is 0 Å². The molecule has 4 N–H and O–H groups in total. The van der Waals surface area contributed by atoms with Gasteiger partial charge in [-0.15, -0.1) is 0 Å². The summed E-state index contributed by atoms with van der Waals surface area (Å²) in [6.45, 7) is 4.21. The first kappa shape index (κ1) is 27.4. The van der Waals surface area contributed by atoms with E-state index in [9.17, 15) is 4.79 Å². The summed E-state index contributed by atoms with van der Waals surface area (Å²) in [7, 11) is 0. The van der Waals surface area contributed by atoms with Gasteiger partial charge < -0.3 is 11.3 Å². The molecule has 1 radical (unpaired) electrons. The van der Waals surface area contributed by atoms with Crippen molar-refractivity contribution in [3.63, 3.8) is 0 Å². The summed E-state index contributed by atoms with van der Waals surface area (Å²) < 4.78 is 0. The zero-order valence-corrected chi connectivity index (χ0v) is 17.7. The molecule has 0 heterocycles. The molecule has 0 rings (SSSR count). The van der Waals surface area contributed by atoms with Gasteiger partial charge in [0.2, 0.25) is 0 Å². The molecule has 0 aromatic heterocycles. The third-order valence-electron chi connectivity index (χ3n) is 4.93. The van der Waals surface area contributed by atoms with Crippen molar-refractivity contribution < 1.29 is 9.90 Å². The van der Waals surface area contributed by atoms with Crippen LogP contribution in [0.4, 0.5) is 0 Å². The Morgan fingerprint density at radius 3 is 1.73 bits per heavy atom. The Morgan fingerprint density at radius 1 is 0.808 bits per heavy atom. The number of allylic oxidation sites excluding steroid dienone is 2. The highest BCUT2D eigenvalue weighted by atomic mass is 16.4. The molecule has 0 bridgehead atoms. The monoisotopic (exact) mass is 368 g/mol. The summed E-state index contributed by atoms with van der Waals surface area (Å²) in [6, 6.07) is 0. The Morgan fingerprint density at radius 2 is 1.27 bits per heavy atom. The van der Waals surface area contributed by atoms with Gasteiger partial charge >= 0.3 is 5.97 Å². The Hall–Kier alpha value is -0.830. The van der Waals surface area contributed by atoms with E-state index < -0.39 is 5.97 Å². The summed E-state index contributed by atoms with van der Waals surface area (Å²) in [5.41, 5.74) is 0. The Kier molecular flexibility index (Phi) is 23.4. The van der Waals surface area contributed by atoms with Crippen LogP contribution in [-0.4, -0.2) is 11.1 Å². The van der Waals surface area contributed by atoms with Crippen LogP contribution in [0.25, 0.3) is 0 Å². The first-order valence-electron chi connectivity index (χ1n) is 10.9. The first-order valence-corrected chi connectivity index (χ1v) is 10.9. The van der Waals surface area contributed by atoms with Crippen molar-refractivity contribution >= 4 is 5.97 Å². The summed E-state index contributed by atoms with van der Waals surface area (Å²) >= 11 is 0. The molecule has 0 aromatic carbocycles. The van der Waals surface area contributed by atoms with Gasteiger partial charge in [0, 0.05) is 0 Å². The van der Waals surface area contributed by atoms with Gasteiger partial charge in [-0.25, -0.2) is 0 Å². The molecule has 26 heavy (non-hydrogen) atoms. The minimum atomic E-state index is -0.633. The topological polar surface area (TPSA) is 72.3 Å². The molecule has 0 saturated heterocycles. The van der Waals surface area contributed by atoms with Gasteiger partial charge in [-0.1, -0.05) is 90.2 Å². The Bertz CT molecular complexity index is 315. The van der Waals surface area contributed by atoms with E-state index in [2.05, 4.69) is 19.1 Å². The van der Waals surface area contributed by atoms with E-state index in [-0.39, 0.29) is 12.1 Å². The maximum Gasteiger partial charge on any atom is 0.306 e. The number of aliphatic carboxylic acids is 1. The predicted molar refractivity (Wildman–Crippen MR) is 115 cm³/mol. The van der Waals surface area contributed by atoms with Crippen molar-refractivity contribution in [2.24, 2.45) is 5.92 Å². The van der Waals surface area contributed by atoms with E-state index >= 15 is 0 Å². The summed E-state index contributed by atoms with van der Waals surface area (Å²) in [6.07, 6.45) is 26.4. The molecule has 3 heteroatoms. The van der Waals surface area contributed by atoms with Gasteiger partial charge in [-0.05, 0) is 44.9 Å². The lowest BCUT2D eigenvalue weighted by Gasteiger charge is -2.10. The fraction of sp³-hybridized carbons (Fsp3) is 0.826. The molecule has 0 fully saturated rings. The molecule has 0 spiro atoms. The average molecular weight is 369 g/mol. The van der Waals surface area contributed by atoms with Gasteiger partial charge in [0.1, 0.15) is 0 Å².